The van der Waals surface area contributed by atoms with Gasteiger partial charge in [0.1, 0.15) is 23.0 Å². The molecular formula is C23H23Cl2N7O. The van der Waals surface area contributed by atoms with Crippen molar-refractivity contribution < 1.29 is 4.79 Å². The second-order valence-corrected chi connectivity index (χ2v) is 8.53. The van der Waals surface area contributed by atoms with Gasteiger partial charge >= 0.3 is 0 Å². The van der Waals surface area contributed by atoms with E-state index in [0.29, 0.717) is 46.8 Å². The van der Waals surface area contributed by atoms with Gasteiger partial charge in [-0.15, -0.1) is 0 Å². The first-order chi connectivity index (χ1) is 15.9. The molecule has 0 fully saturated rings. The summed E-state index contributed by atoms with van der Waals surface area (Å²) >= 11 is 12.5. The molecule has 1 aromatic heterocycles. The fourth-order valence-electron chi connectivity index (χ4n) is 3.55. The topological polar surface area (TPSA) is 110 Å². The van der Waals surface area contributed by atoms with E-state index < -0.39 is 0 Å². The van der Waals surface area contributed by atoms with Gasteiger partial charge in [0.25, 0.3) is 0 Å². The molecule has 2 aromatic rings. The third-order valence-corrected chi connectivity index (χ3v) is 5.79. The van der Waals surface area contributed by atoms with E-state index in [0.717, 1.165) is 23.2 Å². The van der Waals surface area contributed by atoms with Gasteiger partial charge in [0.2, 0.25) is 5.91 Å². The highest BCUT2D eigenvalue weighted by atomic mass is 35.5. The van der Waals surface area contributed by atoms with Crippen LogP contribution in [0, 0.1) is 5.41 Å². The van der Waals surface area contributed by atoms with Crippen molar-refractivity contribution in [1.29, 1.82) is 5.41 Å². The monoisotopic (exact) mass is 483 g/mol. The minimum atomic E-state index is -0.381. The Morgan fingerprint density at radius 3 is 2.91 bits per heavy atom. The molecule has 8 nitrogen and oxygen atoms in total. The number of aliphatic imine (C=N–C) groups is 1. The highest BCUT2D eigenvalue weighted by molar-refractivity contribution is 6.31. The van der Waals surface area contributed by atoms with Crippen LogP contribution in [0.25, 0.3) is 11.6 Å². The average Bonchev–Trinajstić information content (AvgIpc) is 3.20. The summed E-state index contributed by atoms with van der Waals surface area (Å²) in [5, 5.41) is 17.6. The van der Waals surface area contributed by atoms with Crippen molar-refractivity contribution in [2.45, 2.75) is 32.2 Å². The number of hydrazone groups is 1. The Morgan fingerprint density at radius 2 is 2.18 bits per heavy atom. The van der Waals surface area contributed by atoms with Crippen LogP contribution in [0.15, 0.2) is 40.4 Å². The van der Waals surface area contributed by atoms with Crippen molar-refractivity contribution in [2.75, 3.05) is 11.6 Å². The van der Waals surface area contributed by atoms with Crippen molar-refractivity contribution in [3.63, 3.8) is 0 Å². The highest BCUT2D eigenvalue weighted by Crippen LogP contribution is 2.30. The van der Waals surface area contributed by atoms with E-state index in [1.54, 1.807) is 35.8 Å². The maximum absolute atomic E-state index is 12.6. The number of aromatic nitrogens is 2. The van der Waals surface area contributed by atoms with Crippen LogP contribution < -0.4 is 10.3 Å². The van der Waals surface area contributed by atoms with Crippen LogP contribution in [-0.2, 0) is 4.79 Å². The van der Waals surface area contributed by atoms with Crippen molar-refractivity contribution in [2.24, 2.45) is 10.1 Å². The third-order valence-electron chi connectivity index (χ3n) is 5.28. The van der Waals surface area contributed by atoms with Gasteiger partial charge < -0.3 is 15.7 Å². The van der Waals surface area contributed by atoms with Gasteiger partial charge in [-0.05, 0) is 49.6 Å². The Kier molecular flexibility index (Phi) is 7.05. The molecular weight excluding hydrogens is 461 g/mol. The number of anilines is 1. The fourth-order valence-corrected chi connectivity index (χ4v) is 3.99. The predicted molar refractivity (Wildman–Crippen MR) is 135 cm³/mol. The molecule has 1 aliphatic carbocycles. The number of nitrogens with one attached hydrogen (secondary N) is 3. The maximum Gasteiger partial charge on any atom is 0.244 e. The average molecular weight is 484 g/mol. The Hall–Kier alpha value is -3.23. The van der Waals surface area contributed by atoms with E-state index in [4.69, 9.17) is 28.6 Å². The molecule has 1 aliphatic heterocycles. The molecule has 10 heteroatoms. The van der Waals surface area contributed by atoms with E-state index in [-0.39, 0.29) is 11.9 Å². The lowest BCUT2D eigenvalue weighted by molar-refractivity contribution is -0.117. The summed E-state index contributed by atoms with van der Waals surface area (Å²) in [5.74, 6) is 0.282. The molecule has 1 amide bonds. The standard InChI is InChI=1S/C23H23Cl2N7O/c1-14(23-30-21(22(25)31-23)15-2-6-18(26)7-3-15)29-20(33)9-4-16-12-17(24)5-8-19(16)32-13-27-10-11-28-32/h2,4-5,8-9,11-14,26H,3,6-7,10H2,1H3,(H,29,33)(H,30,31)/b9-4+,26-18?. The van der Waals surface area contributed by atoms with Crippen LogP contribution >= 0.6 is 23.2 Å². The number of imidazole rings is 1. The molecule has 0 saturated carbocycles. The summed E-state index contributed by atoms with van der Waals surface area (Å²) in [7, 11) is 0. The van der Waals surface area contributed by atoms with Crippen LogP contribution in [-0.4, -0.2) is 40.7 Å². The lowest BCUT2D eigenvalue weighted by Gasteiger charge is -2.18. The molecule has 2 heterocycles. The minimum Gasteiger partial charge on any atom is -0.343 e. The van der Waals surface area contributed by atoms with E-state index in [2.05, 4.69) is 25.4 Å². The lowest BCUT2D eigenvalue weighted by Crippen LogP contribution is -2.25. The Bertz CT molecular complexity index is 1180. The molecule has 0 saturated heterocycles. The number of hydrogen-bond donors (Lipinski definition) is 3. The predicted octanol–water partition coefficient (Wildman–Crippen LogP) is 5.03. The minimum absolute atomic E-state index is 0.288. The van der Waals surface area contributed by atoms with Gasteiger partial charge in [-0.3, -0.25) is 9.79 Å². The largest absolute Gasteiger partial charge is 0.343 e. The Balaban J connectivity index is 1.45. The first kappa shape index (κ1) is 22.9. The number of halogens is 2. The van der Waals surface area contributed by atoms with Crippen LogP contribution in [0.5, 0.6) is 0 Å². The van der Waals surface area contributed by atoms with Gasteiger partial charge in [-0.25, -0.2) is 9.99 Å². The number of carbonyl (C=O) groups is 1. The number of benzene rings is 1. The number of nitrogens with zero attached hydrogens (tertiary/aromatic N) is 4. The number of hydrogen-bond acceptors (Lipinski definition) is 6. The molecule has 1 unspecified atom stereocenters. The van der Waals surface area contributed by atoms with E-state index in [9.17, 15) is 4.79 Å². The second kappa shape index (κ2) is 10.1. The zero-order valence-corrected chi connectivity index (χ0v) is 19.5. The Morgan fingerprint density at radius 1 is 1.33 bits per heavy atom. The molecule has 170 valence electrons. The highest BCUT2D eigenvalue weighted by Gasteiger charge is 2.19. The number of H-pyrrole nitrogens is 1. The van der Waals surface area contributed by atoms with Gasteiger partial charge in [-0.1, -0.05) is 29.3 Å². The van der Waals surface area contributed by atoms with Crippen LogP contribution in [0.1, 0.15) is 49.3 Å². The number of allylic oxidation sites excluding steroid dienone is 2. The summed E-state index contributed by atoms with van der Waals surface area (Å²) in [6.45, 7) is 2.37. The first-order valence-corrected chi connectivity index (χ1v) is 11.3. The molecule has 0 radical (unpaired) electrons. The number of rotatable bonds is 6. The molecule has 3 N–H and O–H groups in total. The lowest BCUT2D eigenvalue weighted by atomic mass is 9.96. The van der Waals surface area contributed by atoms with Crippen LogP contribution in [0.3, 0.4) is 0 Å². The number of amides is 1. The summed E-state index contributed by atoms with van der Waals surface area (Å²) in [4.78, 5) is 24.4. The molecule has 0 spiro atoms. The molecule has 2 aliphatic rings. The number of carbonyl (C=O) groups excluding carboxylic acids is 1. The Labute approximate surface area is 201 Å². The van der Waals surface area contributed by atoms with Crippen LogP contribution in [0.2, 0.25) is 10.2 Å². The van der Waals surface area contributed by atoms with Gasteiger partial charge in [0.15, 0.2) is 0 Å². The third kappa shape index (κ3) is 5.58. The molecule has 1 aromatic carbocycles. The molecule has 33 heavy (non-hydrogen) atoms. The summed E-state index contributed by atoms with van der Waals surface area (Å²) < 4.78 is 0. The van der Waals surface area contributed by atoms with Crippen molar-refractivity contribution in [1.82, 2.24) is 15.3 Å². The van der Waals surface area contributed by atoms with Gasteiger partial charge in [-0.2, -0.15) is 5.10 Å². The van der Waals surface area contributed by atoms with Crippen LogP contribution in [0.4, 0.5) is 5.69 Å². The van der Waals surface area contributed by atoms with Crippen molar-refractivity contribution in [3.05, 3.63) is 57.6 Å². The maximum atomic E-state index is 12.6. The van der Waals surface area contributed by atoms with Crippen molar-refractivity contribution >= 4 is 64.7 Å². The number of aromatic amines is 1. The smallest absolute Gasteiger partial charge is 0.244 e. The van der Waals surface area contributed by atoms with Gasteiger partial charge in [0, 0.05) is 35.0 Å². The quantitative estimate of drug-likeness (QED) is 0.501. The molecule has 0 bridgehead atoms. The van der Waals surface area contributed by atoms with Crippen molar-refractivity contribution in [3.8, 4) is 0 Å². The zero-order chi connectivity index (χ0) is 23.4. The zero-order valence-electron chi connectivity index (χ0n) is 18.0. The van der Waals surface area contributed by atoms with E-state index in [1.807, 2.05) is 19.1 Å². The first-order valence-electron chi connectivity index (χ1n) is 10.5. The molecule has 1 atom stereocenters. The van der Waals surface area contributed by atoms with Gasteiger partial charge in [0.05, 0.1) is 18.3 Å². The SMILES string of the molecule is CC(NC(=O)/C=C/c1cc(Cl)ccc1N1C=NCC=N1)c1nc(C2=CCC(=N)CC2)c(Cl)[nH]1. The summed E-state index contributed by atoms with van der Waals surface area (Å²) in [5.41, 5.74) is 3.90. The summed E-state index contributed by atoms with van der Waals surface area (Å²) in [6.07, 6.45) is 10.5. The molecule has 4 rings (SSSR count). The van der Waals surface area contributed by atoms with E-state index >= 15 is 0 Å². The second-order valence-electron chi connectivity index (χ2n) is 7.71. The summed E-state index contributed by atoms with van der Waals surface area (Å²) in [6, 6.07) is 4.97. The normalized spacial score (nSPS) is 16.9. The fraction of sp³-hybridized carbons (Fsp3) is 0.261. The van der Waals surface area contributed by atoms with E-state index in [1.165, 1.54) is 6.08 Å².